The van der Waals surface area contributed by atoms with Crippen molar-refractivity contribution in [3.8, 4) is 22.3 Å². The lowest BCUT2D eigenvalue weighted by Gasteiger charge is -2.37. The maximum absolute atomic E-state index is 12.7. The Morgan fingerprint density at radius 3 is 3.07 bits per heavy atom. The highest BCUT2D eigenvalue weighted by atomic mass is 32.1. The lowest BCUT2D eigenvalue weighted by atomic mass is 10.1. The van der Waals surface area contributed by atoms with Gasteiger partial charge in [0.25, 0.3) is 0 Å². The number of amides is 1. The number of furan rings is 1. The van der Waals surface area contributed by atoms with E-state index in [9.17, 15) is 4.79 Å². The first-order chi connectivity index (χ1) is 14.6. The predicted molar refractivity (Wildman–Crippen MR) is 115 cm³/mol. The Balaban J connectivity index is 1.34. The summed E-state index contributed by atoms with van der Waals surface area (Å²) in [6, 6.07) is 5.94. The van der Waals surface area contributed by atoms with E-state index < -0.39 is 0 Å². The van der Waals surface area contributed by atoms with Crippen LogP contribution < -0.4 is 5.32 Å². The maximum atomic E-state index is 12.7. The van der Waals surface area contributed by atoms with E-state index in [0.29, 0.717) is 35.7 Å². The van der Waals surface area contributed by atoms with E-state index in [2.05, 4.69) is 42.3 Å². The monoisotopic (exact) mass is 422 g/mol. The first-order valence-electron chi connectivity index (χ1n) is 9.94. The van der Waals surface area contributed by atoms with E-state index in [0.717, 1.165) is 36.8 Å². The minimum Gasteiger partial charge on any atom is -0.458 e. The molecule has 30 heavy (non-hydrogen) atoms. The molecular formula is C21H22N6O2S. The number of aryl methyl sites for hydroxylation is 1. The molecule has 154 valence electrons. The quantitative estimate of drug-likeness (QED) is 0.676. The van der Waals surface area contributed by atoms with Gasteiger partial charge in [-0.25, -0.2) is 15.0 Å². The minimum absolute atomic E-state index is 0.0835. The highest BCUT2D eigenvalue weighted by molar-refractivity contribution is 7.13. The molecule has 2 aliphatic rings. The first kappa shape index (κ1) is 19.0. The molecule has 1 atom stereocenters. The summed E-state index contributed by atoms with van der Waals surface area (Å²) < 4.78 is 5.69. The average Bonchev–Trinajstić information content (AvgIpc) is 3.49. The van der Waals surface area contributed by atoms with Crippen molar-refractivity contribution in [1.82, 2.24) is 24.8 Å². The molecule has 0 radical (unpaired) electrons. The van der Waals surface area contributed by atoms with Crippen molar-refractivity contribution in [3.63, 3.8) is 0 Å². The number of nitrogens with one attached hydrogen (secondary N) is 1. The zero-order valence-corrected chi connectivity index (χ0v) is 17.4. The van der Waals surface area contributed by atoms with Gasteiger partial charge in [0.05, 0.1) is 6.54 Å². The van der Waals surface area contributed by atoms with Crippen LogP contribution in [0.25, 0.3) is 22.3 Å². The standard InChI is InChI=1S/C21H22N6O2S/c1-14-4-5-17(29-14)20-23-16(21-22-6-10-30-21)11-18(25-20)24-19(28)13-26-8-9-27-7-2-3-15(27)12-26/h2,4-7,10-11,15H,3,8-9,12-13H2,1H3,(H,23,24,25,28). The van der Waals surface area contributed by atoms with E-state index in [-0.39, 0.29) is 5.91 Å². The summed E-state index contributed by atoms with van der Waals surface area (Å²) in [4.78, 5) is 30.7. The highest BCUT2D eigenvalue weighted by Crippen LogP contribution is 2.27. The number of aromatic nitrogens is 3. The summed E-state index contributed by atoms with van der Waals surface area (Å²) in [6.07, 6.45) is 7.15. The number of hydrogen-bond donors (Lipinski definition) is 1. The minimum atomic E-state index is -0.0835. The Hall–Kier alpha value is -3.04. The second-order valence-corrected chi connectivity index (χ2v) is 8.40. The van der Waals surface area contributed by atoms with Gasteiger partial charge in [0, 0.05) is 43.3 Å². The van der Waals surface area contributed by atoms with Gasteiger partial charge in [-0.15, -0.1) is 11.3 Å². The lowest BCUT2D eigenvalue weighted by Crippen LogP contribution is -2.51. The molecule has 5 rings (SSSR count). The van der Waals surface area contributed by atoms with Crippen molar-refractivity contribution in [1.29, 1.82) is 0 Å². The van der Waals surface area contributed by atoms with Gasteiger partial charge < -0.3 is 14.6 Å². The molecular weight excluding hydrogens is 400 g/mol. The smallest absolute Gasteiger partial charge is 0.239 e. The molecule has 8 nitrogen and oxygen atoms in total. The molecule has 2 aliphatic heterocycles. The van der Waals surface area contributed by atoms with Crippen molar-refractivity contribution >= 4 is 23.1 Å². The molecule has 0 aromatic carbocycles. The van der Waals surface area contributed by atoms with Gasteiger partial charge in [0.2, 0.25) is 5.91 Å². The molecule has 3 aromatic rings. The average molecular weight is 423 g/mol. The molecule has 0 aliphatic carbocycles. The SMILES string of the molecule is Cc1ccc(-c2nc(NC(=O)CN3CCN4C=CCC4C3)cc(-c3nccs3)n2)o1. The van der Waals surface area contributed by atoms with Crippen LogP contribution in [0, 0.1) is 6.92 Å². The third-order valence-electron chi connectivity index (χ3n) is 5.29. The van der Waals surface area contributed by atoms with Crippen molar-refractivity contribution in [3.05, 3.63) is 47.8 Å². The molecule has 1 unspecified atom stereocenters. The number of anilines is 1. The van der Waals surface area contributed by atoms with E-state index >= 15 is 0 Å². The van der Waals surface area contributed by atoms with Gasteiger partial charge in [0.1, 0.15) is 22.3 Å². The number of nitrogens with zero attached hydrogens (tertiary/aromatic N) is 5. The fourth-order valence-corrected chi connectivity index (χ4v) is 4.46. The zero-order chi connectivity index (χ0) is 20.5. The van der Waals surface area contributed by atoms with E-state index in [1.807, 2.05) is 24.4 Å². The summed E-state index contributed by atoms with van der Waals surface area (Å²) in [7, 11) is 0. The van der Waals surface area contributed by atoms with Crippen LogP contribution in [0.2, 0.25) is 0 Å². The summed E-state index contributed by atoms with van der Waals surface area (Å²) in [6.45, 7) is 4.94. The fourth-order valence-electron chi connectivity index (χ4n) is 3.86. The Bertz CT molecular complexity index is 1080. The van der Waals surface area contributed by atoms with Crippen molar-refractivity contribution in [2.45, 2.75) is 19.4 Å². The largest absolute Gasteiger partial charge is 0.458 e. The van der Waals surface area contributed by atoms with Crippen LogP contribution in [-0.4, -0.2) is 62.9 Å². The van der Waals surface area contributed by atoms with Crippen LogP contribution in [-0.2, 0) is 4.79 Å². The third kappa shape index (κ3) is 3.99. The number of carbonyl (C=O) groups is 1. The summed E-state index contributed by atoms with van der Waals surface area (Å²) >= 11 is 1.49. The summed E-state index contributed by atoms with van der Waals surface area (Å²) in [5.41, 5.74) is 0.657. The van der Waals surface area contributed by atoms with Crippen LogP contribution in [0.4, 0.5) is 5.82 Å². The molecule has 0 saturated carbocycles. The maximum Gasteiger partial charge on any atom is 0.239 e. The molecule has 1 N–H and O–H groups in total. The molecule has 5 heterocycles. The van der Waals surface area contributed by atoms with Crippen molar-refractivity contribution < 1.29 is 9.21 Å². The first-order valence-corrected chi connectivity index (χ1v) is 10.8. The van der Waals surface area contributed by atoms with Crippen LogP contribution in [0.3, 0.4) is 0 Å². The Morgan fingerprint density at radius 1 is 1.33 bits per heavy atom. The van der Waals surface area contributed by atoms with Gasteiger partial charge in [-0.05, 0) is 31.7 Å². The van der Waals surface area contributed by atoms with Crippen LogP contribution >= 0.6 is 11.3 Å². The lowest BCUT2D eigenvalue weighted by molar-refractivity contribution is -0.117. The van der Waals surface area contributed by atoms with Gasteiger partial charge in [-0.3, -0.25) is 9.69 Å². The topological polar surface area (TPSA) is 87.4 Å². The Morgan fingerprint density at radius 2 is 2.27 bits per heavy atom. The van der Waals surface area contributed by atoms with Gasteiger partial charge in [-0.1, -0.05) is 6.08 Å². The van der Waals surface area contributed by atoms with E-state index in [4.69, 9.17) is 4.42 Å². The normalized spacial score (nSPS) is 18.6. The molecule has 1 saturated heterocycles. The Kier molecular flexibility index (Phi) is 5.06. The molecule has 1 fully saturated rings. The molecule has 3 aromatic heterocycles. The zero-order valence-electron chi connectivity index (χ0n) is 16.6. The second kappa shape index (κ2) is 8.00. The number of hydrogen-bond acceptors (Lipinski definition) is 8. The van der Waals surface area contributed by atoms with Crippen molar-refractivity contribution in [2.24, 2.45) is 0 Å². The van der Waals surface area contributed by atoms with Gasteiger partial charge in [-0.2, -0.15) is 0 Å². The van der Waals surface area contributed by atoms with Crippen LogP contribution in [0.1, 0.15) is 12.2 Å². The van der Waals surface area contributed by atoms with E-state index in [1.165, 1.54) is 11.3 Å². The van der Waals surface area contributed by atoms with Crippen molar-refractivity contribution in [2.75, 3.05) is 31.5 Å². The van der Waals surface area contributed by atoms with Crippen LogP contribution in [0.5, 0.6) is 0 Å². The van der Waals surface area contributed by atoms with Crippen LogP contribution in [0.15, 0.2) is 46.5 Å². The highest BCUT2D eigenvalue weighted by Gasteiger charge is 2.28. The van der Waals surface area contributed by atoms with E-state index in [1.54, 1.807) is 12.3 Å². The molecule has 0 bridgehead atoms. The molecule has 0 spiro atoms. The molecule has 9 heteroatoms. The fraction of sp³-hybridized carbons (Fsp3) is 0.333. The number of thiazole rings is 1. The number of piperazine rings is 1. The summed E-state index contributed by atoms with van der Waals surface area (Å²) in [5, 5.41) is 5.60. The predicted octanol–water partition coefficient (Wildman–Crippen LogP) is 3.01. The number of rotatable bonds is 5. The van der Waals surface area contributed by atoms with Gasteiger partial charge >= 0.3 is 0 Å². The Labute approximate surface area is 178 Å². The third-order valence-corrected chi connectivity index (χ3v) is 6.09. The molecule has 1 amide bonds. The van der Waals surface area contributed by atoms with Gasteiger partial charge in [0.15, 0.2) is 11.6 Å². The number of fused-ring (bicyclic) bond motifs is 1. The summed E-state index contributed by atoms with van der Waals surface area (Å²) in [5.74, 6) is 2.13. The number of carbonyl (C=O) groups excluding carboxylic acids is 1. The second-order valence-electron chi connectivity index (χ2n) is 7.51.